The molecule has 0 spiro atoms. The summed E-state index contributed by atoms with van der Waals surface area (Å²) < 4.78 is 0. The lowest BCUT2D eigenvalue weighted by molar-refractivity contribution is -0.136. The fourth-order valence-electron chi connectivity index (χ4n) is 2.32. The molecule has 0 radical (unpaired) electrons. The van der Waals surface area contributed by atoms with Gasteiger partial charge in [-0.05, 0) is 48.5 Å². The fraction of sp³-hybridized carbons (Fsp3) is 0.200. The largest absolute Gasteiger partial charge is 0.481 e. The third kappa shape index (κ3) is 6.85. The van der Waals surface area contributed by atoms with E-state index < -0.39 is 11.9 Å². The minimum atomic E-state index is -0.993. The van der Waals surface area contributed by atoms with Crippen molar-refractivity contribution in [1.82, 2.24) is 5.32 Å². The number of amides is 2. The van der Waals surface area contributed by atoms with Gasteiger partial charge in [0, 0.05) is 41.2 Å². The number of nitrogens with one attached hydrogen (secondary N) is 2. The average Bonchev–Trinajstić information content (AvgIpc) is 2.67. The van der Waals surface area contributed by atoms with Gasteiger partial charge < -0.3 is 15.7 Å². The van der Waals surface area contributed by atoms with E-state index >= 15 is 0 Å². The van der Waals surface area contributed by atoms with Crippen LogP contribution in [0.2, 0.25) is 5.02 Å². The SMILES string of the molecule is O=C(O)CCNC(=O)c1ccc(NC(=O)CCC(=O)c2ccc(Cl)cc2)cc1. The second kappa shape index (κ2) is 10.2. The average molecular weight is 403 g/mol. The van der Waals surface area contributed by atoms with E-state index in [2.05, 4.69) is 10.6 Å². The molecule has 2 rings (SSSR count). The van der Waals surface area contributed by atoms with Crippen molar-refractivity contribution in [3.8, 4) is 0 Å². The molecule has 0 saturated carbocycles. The molecule has 0 saturated heterocycles. The van der Waals surface area contributed by atoms with Crippen molar-refractivity contribution in [1.29, 1.82) is 0 Å². The van der Waals surface area contributed by atoms with Crippen LogP contribution in [0.5, 0.6) is 0 Å². The number of benzene rings is 2. The summed E-state index contributed by atoms with van der Waals surface area (Å²) in [6.45, 7) is 0.0360. The van der Waals surface area contributed by atoms with Crippen LogP contribution in [-0.2, 0) is 9.59 Å². The maximum Gasteiger partial charge on any atom is 0.305 e. The first-order chi connectivity index (χ1) is 13.3. The maximum absolute atomic E-state index is 12.1. The van der Waals surface area contributed by atoms with E-state index in [1.165, 1.54) is 12.1 Å². The van der Waals surface area contributed by atoms with E-state index in [9.17, 15) is 19.2 Å². The second-order valence-corrected chi connectivity index (χ2v) is 6.39. The summed E-state index contributed by atoms with van der Waals surface area (Å²) in [6.07, 6.45) is -0.0644. The monoisotopic (exact) mass is 402 g/mol. The third-order valence-electron chi connectivity index (χ3n) is 3.80. The Morgan fingerprint density at radius 3 is 2.04 bits per heavy atom. The smallest absolute Gasteiger partial charge is 0.305 e. The Bertz CT molecular complexity index is 863. The first-order valence-corrected chi connectivity index (χ1v) is 8.91. The molecule has 3 N–H and O–H groups in total. The minimum Gasteiger partial charge on any atom is -0.481 e. The van der Waals surface area contributed by atoms with Crippen LogP contribution >= 0.6 is 11.6 Å². The number of anilines is 1. The van der Waals surface area contributed by atoms with Crippen LogP contribution in [0.25, 0.3) is 0 Å². The van der Waals surface area contributed by atoms with Crippen molar-refractivity contribution in [3.05, 3.63) is 64.7 Å². The molecule has 28 heavy (non-hydrogen) atoms. The number of carbonyl (C=O) groups excluding carboxylic acids is 3. The summed E-state index contributed by atoms with van der Waals surface area (Å²) in [5, 5.41) is 14.2. The van der Waals surface area contributed by atoms with Crippen molar-refractivity contribution < 1.29 is 24.3 Å². The van der Waals surface area contributed by atoms with Gasteiger partial charge in [0.05, 0.1) is 6.42 Å². The molecule has 0 heterocycles. The highest BCUT2D eigenvalue weighted by molar-refractivity contribution is 6.30. The van der Waals surface area contributed by atoms with E-state index in [1.54, 1.807) is 36.4 Å². The van der Waals surface area contributed by atoms with Crippen molar-refractivity contribution >= 4 is 40.9 Å². The van der Waals surface area contributed by atoms with Gasteiger partial charge >= 0.3 is 5.97 Å². The molecule has 8 heteroatoms. The lowest BCUT2D eigenvalue weighted by atomic mass is 10.1. The second-order valence-electron chi connectivity index (χ2n) is 5.96. The molecule has 0 fully saturated rings. The third-order valence-corrected chi connectivity index (χ3v) is 4.05. The Morgan fingerprint density at radius 1 is 0.821 bits per heavy atom. The number of hydrogen-bond donors (Lipinski definition) is 3. The molecular weight excluding hydrogens is 384 g/mol. The predicted molar refractivity (Wildman–Crippen MR) is 105 cm³/mol. The normalized spacial score (nSPS) is 10.2. The molecule has 7 nitrogen and oxygen atoms in total. The van der Waals surface area contributed by atoms with Gasteiger partial charge in [0.25, 0.3) is 5.91 Å². The fourth-order valence-corrected chi connectivity index (χ4v) is 2.45. The van der Waals surface area contributed by atoms with Crippen LogP contribution < -0.4 is 10.6 Å². The Kier molecular flexibility index (Phi) is 7.71. The summed E-state index contributed by atoms with van der Waals surface area (Å²) in [7, 11) is 0. The summed E-state index contributed by atoms with van der Waals surface area (Å²) in [4.78, 5) is 46.4. The number of carboxylic acid groups (broad SMARTS) is 1. The van der Waals surface area contributed by atoms with Gasteiger partial charge in [-0.25, -0.2) is 0 Å². The molecule has 2 amide bonds. The zero-order chi connectivity index (χ0) is 20.5. The standard InChI is InChI=1S/C20H19ClN2O5/c21-15-5-1-13(2-6-15)17(24)9-10-18(25)23-16-7-3-14(4-8-16)20(28)22-12-11-19(26)27/h1-8H,9-12H2,(H,22,28)(H,23,25)(H,26,27). The van der Waals surface area contributed by atoms with E-state index in [4.69, 9.17) is 16.7 Å². The van der Waals surface area contributed by atoms with Crippen LogP contribution in [0.4, 0.5) is 5.69 Å². The summed E-state index contributed by atoms with van der Waals surface area (Å²) >= 11 is 5.78. The molecule has 2 aromatic carbocycles. The lowest BCUT2D eigenvalue weighted by Gasteiger charge is -2.07. The highest BCUT2D eigenvalue weighted by Gasteiger charge is 2.11. The van der Waals surface area contributed by atoms with Gasteiger partial charge in [-0.1, -0.05) is 11.6 Å². The lowest BCUT2D eigenvalue weighted by Crippen LogP contribution is -2.25. The Hall–Kier alpha value is -3.19. The van der Waals surface area contributed by atoms with E-state index in [0.717, 1.165) is 0 Å². The highest BCUT2D eigenvalue weighted by Crippen LogP contribution is 2.13. The first kappa shape index (κ1) is 21.1. The predicted octanol–water partition coefficient (Wildman–Crippen LogP) is 3.15. The Labute approximate surface area is 166 Å². The molecular formula is C20H19ClN2O5. The molecule has 0 aliphatic carbocycles. The van der Waals surface area contributed by atoms with Gasteiger partial charge in [0.15, 0.2) is 5.78 Å². The molecule has 0 aliphatic heterocycles. The number of carbonyl (C=O) groups is 4. The number of hydrogen-bond acceptors (Lipinski definition) is 4. The van der Waals surface area contributed by atoms with Gasteiger partial charge in [-0.3, -0.25) is 19.2 Å². The van der Waals surface area contributed by atoms with Crippen molar-refractivity contribution in [2.45, 2.75) is 19.3 Å². The van der Waals surface area contributed by atoms with Gasteiger partial charge in [-0.15, -0.1) is 0 Å². The molecule has 0 unspecified atom stereocenters. The zero-order valence-electron chi connectivity index (χ0n) is 14.9. The molecule has 0 atom stereocenters. The van der Waals surface area contributed by atoms with Crippen molar-refractivity contribution in [2.75, 3.05) is 11.9 Å². The number of rotatable bonds is 9. The Morgan fingerprint density at radius 2 is 1.43 bits per heavy atom. The highest BCUT2D eigenvalue weighted by atomic mass is 35.5. The molecule has 146 valence electrons. The topological polar surface area (TPSA) is 113 Å². The van der Waals surface area contributed by atoms with E-state index in [0.29, 0.717) is 21.8 Å². The molecule has 0 bridgehead atoms. The number of ketones is 1. The molecule has 0 aliphatic rings. The van der Waals surface area contributed by atoms with E-state index in [-0.39, 0.29) is 37.5 Å². The number of Topliss-reactive ketones (excluding diaryl/α,β-unsaturated/α-hetero) is 1. The number of halogens is 1. The van der Waals surface area contributed by atoms with Gasteiger partial charge in [0.2, 0.25) is 5.91 Å². The van der Waals surface area contributed by atoms with E-state index in [1.807, 2.05) is 0 Å². The first-order valence-electron chi connectivity index (χ1n) is 8.54. The number of carboxylic acids is 1. The van der Waals surface area contributed by atoms with Crippen LogP contribution in [0.3, 0.4) is 0 Å². The van der Waals surface area contributed by atoms with Crippen LogP contribution in [-0.4, -0.2) is 35.2 Å². The van der Waals surface area contributed by atoms with Gasteiger partial charge in [-0.2, -0.15) is 0 Å². The quantitative estimate of drug-likeness (QED) is 0.558. The Balaban J connectivity index is 1.80. The summed E-state index contributed by atoms with van der Waals surface area (Å²) in [6, 6.07) is 12.6. The zero-order valence-corrected chi connectivity index (χ0v) is 15.7. The van der Waals surface area contributed by atoms with Crippen LogP contribution in [0, 0.1) is 0 Å². The van der Waals surface area contributed by atoms with Gasteiger partial charge in [0.1, 0.15) is 0 Å². The minimum absolute atomic E-state index is 0.0267. The number of aliphatic carboxylic acids is 1. The van der Waals surface area contributed by atoms with Crippen LogP contribution in [0.1, 0.15) is 40.0 Å². The van der Waals surface area contributed by atoms with Crippen molar-refractivity contribution in [2.24, 2.45) is 0 Å². The van der Waals surface area contributed by atoms with Crippen LogP contribution in [0.15, 0.2) is 48.5 Å². The van der Waals surface area contributed by atoms with Crippen molar-refractivity contribution in [3.63, 3.8) is 0 Å². The summed E-state index contributed by atoms with van der Waals surface area (Å²) in [5.41, 5.74) is 1.34. The summed E-state index contributed by atoms with van der Waals surface area (Å²) in [5.74, 6) is -1.86. The maximum atomic E-state index is 12.1. The molecule has 0 aromatic heterocycles. The molecule has 2 aromatic rings.